The first kappa shape index (κ1) is 20.9. The number of hydrogen-bond acceptors (Lipinski definition) is 5. The summed E-state index contributed by atoms with van der Waals surface area (Å²) >= 11 is 4.62. The van der Waals surface area contributed by atoms with Crippen LogP contribution < -0.4 is 0 Å². The topological polar surface area (TPSA) is 46.6 Å². The molecule has 1 heterocycles. The van der Waals surface area contributed by atoms with Crippen molar-refractivity contribution in [3.8, 4) is 0 Å². The minimum absolute atomic E-state index is 0.127. The first-order chi connectivity index (χ1) is 12.7. The summed E-state index contributed by atoms with van der Waals surface area (Å²) in [5, 5.41) is 0. The highest BCUT2D eigenvalue weighted by atomic mass is 32.2. The van der Waals surface area contributed by atoms with Crippen LogP contribution in [0.3, 0.4) is 0 Å². The molecule has 0 bridgehead atoms. The molecular formula is C20H27NO3S2. The van der Waals surface area contributed by atoms with Crippen LogP contribution in [0.1, 0.15) is 60.9 Å². The van der Waals surface area contributed by atoms with Gasteiger partial charge in [0.1, 0.15) is 0 Å². The van der Waals surface area contributed by atoms with Crippen LogP contribution in [0, 0.1) is 0 Å². The largest absolute Gasteiger partial charge is 0.392 e. The molecule has 0 unspecified atom stereocenters. The number of amides is 1. The Labute approximate surface area is 166 Å². The van der Waals surface area contributed by atoms with Crippen molar-refractivity contribution in [2.24, 2.45) is 0 Å². The molecule has 1 aliphatic carbocycles. The highest BCUT2D eigenvalue weighted by Crippen LogP contribution is 2.41. The average Bonchev–Trinajstić information content (AvgIpc) is 2.88. The van der Waals surface area contributed by atoms with E-state index in [1.165, 1.54) is 12.0 Å². The number of carbonyl (C=O) groups is 2. The zero-order valence-corrected chi connectivity index (χ0v) is 17.2. The number of unbranched alkanes of at least 4 members (excludes halogenated alkanes) is 2. The van der Waals surface area contributed by atoms with Crippen molar-refractivity contribution in [2.45, 2.75) is 44.9 Å². The lowest BCUT2D eigenvalue weighted by Gasteiger charge is -2.26. The molecule has 0 atom stereocenters. The molecule has 1 aromatic rings. The molecule has 0 spiro atoms. The van der Waals surface area contributed by atoms with Gasteiger partial charge >= 0.3 is 5.97 Å². The maximum absolute atomic E-state index is 12.7. The maximum Gasteiger partial charge on any atom is 0.317 e. The summed E-state index contributed by atoms with van der Waals surface area (Å²) in [5.41, 5.74) is 4.50. The van der Waals surface area contributed by atoms with E-state index in [0.717, 1.165) is 67.5 Å². The van der Waals surface area contributed by atoms with Crippen LogP contribution in [0.2, 0.25) is 0 Å². The first-order valence-electron chi connectivity index (χ1n) is 9.04. The molecule has 0 saturated heterocycles. The Morgan fingerprint density at radius 2 is 1.85 bits per heavy atom. The lowest BCUT2D eigenvalue weighted by atomic mass is 9.88. The molecule has 1 aliphatic heterocycles. The van der Waals surface area contributed by atoms with Crippen molar-refractivity contribution < 1.29 is 13.8 Å². The Morgan fingerprint density at radius 1 is 1.15 bits per heavy atom. The molecule has 26 heavy (non-hydrogen) atoms. The lowest BCUT2D eigenvalue weighted by Crippen LogP contribution is -2.26. The molecular weight excluding hydrogens is 366 g/mol. The Balaban J connectivity index is 0.00000117. The van der Waals surface area contributed by atoms with Crippen LogP contribution in [0.5, 0.6) is 0 Å². The lowest BCUT2D eigenvalue weighted by molar-refractivity contribution is -0.133. The van der Waals surface area contributed by atoms with Gasteiger partial charge < -0.3 is 9.08 Å². The van der Waals surface area contributed by atoms with Gasteiger partial charge in [0.2, 0.25) is 0 Å². The SMILES string of the molecule is CS.CSOC(=O)CCCCCN1C(=O)c2ccccc2C1=C1CCC1. The van der Waals surface area contributed by atoms with Crippen molar-refractivity contribution in [3.05, 3.63) is 41.0 Å². The predicted molar refractivity (Wildman–Crippen MR) is 111 cm³/mol. The molecule has 1 amide bonds. The predicted octanol–water partition coefficient (Wildman–Crippen LogP) is 4.97. The zero-order valence-electron chi connectivity index (χ0n) is 15.5. The van der Waals surface area contributed by atoms with Crippen LogP contribution in [-0.2, 0) is 8.98 Å². The van der Waals surface area contributed by atoms with Gasteiger partial charge in [0.25, 0.3) is 5.91 Å². The number of carbonyl (C=O) groups excluding carboxylic acids is 2. The van der Waals surface area contributed by atoms with E-state index in [4.69, 9.17) is 4.18 Å². The molecule has 4 nitrogen and oxygen atoms in total. The van der Waals surface area contributed by atoms with Crippen LogP contribution in [0.15, 0.2) is 29.8 Å². The Bertz CT molecular complexity index is 667. The summed E-state index contributed by atoms with van der Waals surface area (Å²) in [7, 11) is 0. The van der Waals surface area contributed by atoms with Gasteiger partial charge in [-0.05, 0) is 50.0 Å². The number of rotatable bonds is 7. The second-order valence-corrected chi connectivity index (χ2v) is 6.74. The van der Waals surface area contributed by atoms with Gasteiger partial charge in [0.05, 0.1) is 17.7 Å². The number of thiol groups is 1. The van der Waals surface area contributed by atoms with Crippen LogP contribution in [0.4, 0.5) is 0 Å². The molecule has 1 saturated carbocycles. The van der Waals surface area contributed by atoms with E-state index in [1.807, 2.05) is 23.1 Å². The molecule has 1 fully saturated rings. The van der Waals surface area contributed by atoms with Gasteiger partial charge in [0, 0.05) is 30.3 Å². The zero-order chi connectivity index (χ0) is 18.9. The molecule has 0 radical (unpaired) electrons. The van der Waals surface area contributed by atoms with Gasteiger partial charge in [0.15, 0.2) is 0 Å². The third kappa shape index (κ3) is 4.86. The molecule has 2 aliphatic rings. The summed E-state index contributed by atoms with van der Waals surface area (Å²) in [6.07, 6.45) is 9.95. The van der Waals surface area contributed by atoms with E-state index in [9.17, 15) is 9.59 Å². The summed E-state index contributed by atoms with van der Waals surface area (Å²) in [4.78, 5) is 26.0. The van der Waals surface area contributed by atoms with Gasteiger partial charge in [-0.15, -0.1) is 0 Å². The molecule has 3 rings (SSSR count). The smallest absolute Gasteiger partial charge is 0.317 e. The molecule has 6 heteroatoms. The van der Waals surface area contributed by atoms with E-state index in [2.05, 4.69) is 18.7 Å². The van der Waals surface area contributed by atoms with Crippen LogP contribution >= 0.6 is 24.7 Å². The van der Waals surface area contributed by atoms with Crippen molar-refractivity contribution in [2.75, 3.05) is 19.1 Å². The number of benzene rings is 1. The van der Waals surface area contributed by atoms with Gasteiger partial charge in [-0.1, -0.05) is 24.6 Å². The Morgan fingerprint density at radius 3 is 2.46 bits per heavy atom. The molecule has 0 aromatic heterocycles. The fraction of sp³-hybridized carbons (Fsp3) is 0.500. The standard InChI is InChI=1S/C19H23NO3S.CH4S/c1-24-23-17(21)12-3-2-6-13-20-18(14-8-7-9-14)15-10-4-5-11-16(15)19(20)22;1-2/h4-5,10-11H,2-3,6-9,12-13H2,1H3;2H,1H3. The van der Waals surface area contributed by atoms with Crippen molar-refractivity contribution >= 4 is 42.2 Å². The van der Waals surface area contributed by atoms with E-state index in [1.54, 1.807) is 12.5 Å². The Hall–Kier alpha value is -1.40. The molecule has 142 valence electrons. The second kappa shape index (κ2) is 10.7. The van der Waals surface area contributed by atoms with Crippen molar-refractivity contribution in [1.29, 1.82) is 0 Å². The van der Waals surface area contributed by atoms with E-state index in [0.29, 0.717) is 6.42 Å². The minimum Gasteiger partial charge on any atom is -0.392 e. The number of fused-ring (bicyclic) bond motifs is 1. The van der Waals surface area contributed by atoms with E-state index < -0.39 is 0 Å². The third-order valence-corrected chi connectivity index (χ3v) is 5.01. The monoisotopic (exact) mass is 393 g/mol. The average molecular weight is 394 g/mol. The fourth-order valence-electron chi connectivity index (χ4n) is 3.30. The van der Waals surface area contributed by atoms with Gasteiger partial charge in [-0.25, -0.2) is 0 Å². The van der Waals surface area contributed by atoms with Gasteiger partial charge in [-0.3, -0.25) is 9.59 Å². The number of nitrogens with zero attached hydrogens (tertiary/aromatic N) is 1. The van der Waals surface area contributed by atoms with E-state index >= 15 is 0 Å². The van der Waals surface area contributed by atoms with Crippen LogP contribution in [0.25, 0.3) is 5.70 Å². The number of hydrogen-bond donors (Lipinski definition) is 1. The number of allylic oxidation sites excluding steroid dienone is 1. The summed E-state index contributed by atoms with van der Waals surface area (Å²) in [6.45, 7) is 0.726. The van der Waals surface area contributed by atoms with E-state index in [-0.39, 0.29) is 11.9 Å². The quantitative estimate of drug-likeness (QED) is 0.404. The summed E-state index contributed by atoms with van der Waals surface area (Å²) in [6, 6.07) is 7.93. The van der Waals surface area contributed by atoms with Crippen LogP contribution in [-0.4, -0.2) is 35.8 Å². The van der Waals surface area contributed by atoms with Gasteiger partial charge in [-0.2, -0.15) is 12.6 Å². The normalized spacial score (nSPS) is 15.2. The van der Waals surface area contributed by atoms with Crippen molar-refractivity contribution in [3.63, 3.8) is 0 Å². The summed E-state index contributed by atoms with van der Waals surface area (Å²) in [5.74, 6) is -0.0359. The fourth-order valence-corrected chi connectivity index (χ4v) is 3.57. The minimum atomic E-state index is -0.163. The van der Waals surface area contributed by atoms with Crippen molar-refractivity contribution in [1.82, 2.24) is 4.90 Å². The maximum atomic E-state index is 12.7. The first-order valence-corrected chi connectivity index (χ1v) is 11.1. The second-order valence-electron chi connectivity index (χ2n) is 6.24. The molecule has 1 aromatic carbocycles. The Kier molecular flexibility index (Phi) is 8.59. The third-order valence-electron chi connectivity index (χ3n) is 4.66. The highest BCUT2D eigenvalue weighted by molar-refractivity contribution is 7.94. The summed E-state index contributed by atoms with van der Waals surface area (Å²) < 4.78 is 4.86. The molecule has 0 N–H and O–H groups in total. The highest BCUT2D eigenvalue weighted by Gasteiger charge is 2.34.